The number of piperazine rings is 1. The Balaban J connectivity index is 1.27. The number of amides is 2. The molecule has 1 aliphatic rings. The molecule has 3 heterocycles. The minimum Gasteiger partial charge on any atom is -0.351 e. The maximum absolute atomic E-state index is 13.7. The minimum atomic E-state index is -0.338. The van der Waals surface area contributed by atoms with Gasteiger partial charge in [0.15, 0.2) is 0 Å². The van der Waals surface area contributed by atoms with Crippen LogP contribution in [0.15, 0.2) is 33.3 Å². The van der Waals surface area contributed by atoms with Gasteiger partial charge >= 0.3 is 0 Å². The van der Waals surface area contributed by atoms with Crippen molar-refractivity contribution >= 4 is 11.8 Å². The molecule has 4 rings (SSSR count). The number of halogens is 1. The maximum atomic E-state index is 13.7. The van der Waals surface area contributed by atoms with Gasteiger partial charge in [-0.15, -0.1) is 0 Å². The van der Waals surface area contributed by atoms with Crippen molar-refractivity contribution in [3.63, 3.8) is 0 Å². The third-order valence-electron chi connectivity index (χ3n) is 5.21. The molecule has 0 atom stereocenters. The third kappa shape index (κ3) is 4.62. The number of nitrogens with zero attached hydrogens (tertiary/aromatic N) is 5. The second kappa shape index (κ2) is 8.66. The fraction of sp³-hybridized carbons (Fsp3) is 0.381. The highest BCUT2D eigenvalue weighted by molar-refractivity contribution is 5.91. The van der Waals surface area contributed by atoms with Gasteiger partial charge in [-0.1, -0.05) is 22.4 Å². The van der Waals surface area contributed by atoms with E-state index in [9.17, 15) is 14.0 Å². The van der Waals surface area contributed by atoms with E-state index in [2.05, 4.69) is 15.3 Å². The Hall–Kier alpha value is -3.56. The molecule has 1 aliphatic heterocycles. The average molecular weight is 427 g/mol. The van der Waals surface area contributed by atoms with E-state index in [0.29, 0.717) is 48.9 Å². The van der Waals surface area contributed by atoms with Gasteiger partial charge in [0, 0.05) is 50.7 Å². The lowest BCUT2D eigenvalue weighted by atomic mass is 10.1. The Morgan fingerprint density at radius 2 is 1.77 bits per heavy atom. The van der Waals surface area contributed by atoms with E-state index in [1.54, 1.807) is 41.8 Å². The summed E-state index contributed by atoms with van der Waals surface area (Å²) in [6, 6.07) is 6.33. The quantitative estimate of drug-likeness (QED) is 0.616. The van der Waals surface area contributed by atoms with Crippen LogP contribution in [0.2, 0.25) is 0 Å². The molecule has 1 saturated heterocycles. The number of hydrogen-bond acceptors (Lipinski definition) is 7. The molecular weight excluding hydrogens is 405 g/mol. The molecule has 0 bridgehead atoms. The Morgan fingerprint density at radius 3 is 2.45 bits per heavy atom. The highest BCUT2D eigenvalue weighted by Crippen LogP contribution is 2.19. The number of rotatable bonds is 5. The van der Waals surface area contributed by atoms with Crippen LogP contribution in [0.25, 0.3) is 11.4 Å². The van der Waals surface area contributed by atoms with E-state index in [1.807, 2.05) is 0 Å². The molecule has 31 heavy (non-hydrogen) atoms. The number of hydrogen-bond donors (Lipinski definition) is 0. The lowest BCUT2D eigenvalue weighted by Gasteiger charge is -2.34. The smallest absolute Gasteiger partial charge is 0.292 e. The van der Waals surface area contributed by atoms with Gasteiger partial charge in [-0.25, -0.2) is 4.39 Å². The van der Waals surface area contributed by atoms with E-state index in [1.165, 1.54) is 6.07 Å². The van der Waals surface area contributed by atoms with E-state index in [-0.39, 0.29) is 42.1 Å². The standard InChI is InChI=1S/C21H22FN5O4/c1-13-3-4-15(12-16(13)22)20-23-18(31-25-20)5-6-19(28)26-7-9-27(10-8-26)21(29)17-11-14(2)24-30-17/h3-4,11-12H,5-10H2,1-2H3. The lowest BCUT2D eigenvalue weighted by molar-refractivity contribution is -0.132. The first-order chi connectivity index (χ1) is 14.9. The molecule has 162 valence electrons. The van der Waals surface area contributed by atoms with Crippen molar-refractivity contribution < 1.29 is 23.0 Å². The topological polar surface area (TPSA) is 106 Å². The zero-order valence-corrected chi connectivity index (χ0v) is 17.3. The second-order valence-electron chi connectivity index (χ2n) is 7.48. The summed E-state index contributed by atoms with van der Waals surface area (Å²) >= 11 is 0. The Kier molecular flexibility index (Phi) is 5.79. The number of carbonyl (C=O) groups excluding carboxylic acids is 2. The van der Waals surface area contributed by atoms with Crippen LogP contribution in [-0.2, 0) is 11.2 Å². The first-order valence-corrected chi connectivity index (χ1v) is 10.00. The number of benzene rings is 1. The fourth-order valence-corrected chi connectivity index (χ4v) is 3.36. The van der Waals surface area contributed by atoms with Gasteiger partial charge in [0.2, 0.25) is 23.4 Å². The molecule has 0 aliphatic carbocycles. The van der Waals surface area contributed by atoms with Crippen molar-refractivity contribution in [2.24, 2.45) is 0 Å². The Morgan fingerprint density at radius 1 is 1.03 bits per heavy atom. The Bertz CT molecular complexity index is 1100. The number of aromatic nitrogens is 3. The van der Waals surface area contributed by atoms with E-state index in [4.69, 9.17) is 9.05 Å². The van der Waals surface area contributed by atoms with Gasteiger partial charge in [0.1, 0.15) is 5.82 Å². The van der Waals surface area contributed by atoms with Crippen molar-refractivity contribution in [2.45, 2.75) is 26.7 Å². The zero-order chi connectivity index (χ0) is 22.0. The van der Waals surface area contributed by atoms with Crippen molar-refractivity contribution in [2.75, 3.05) is 26.2 Å². The summed E-state index contributed by atoms with van der Waals surface area (Å²) in [4.78, 5) is 32.5. The molecule has 9 nitrogen and oxygen atoms in total. The Labute approximate surface area is 177 Å². The van der Waals surface area contributed by atoms with Crippen molar-refractivity contribution in [3.05, 3.63) is 53.0 Å². The second-order valence-corrected chi connectivity index (χ2v) is 7.48. The first-order valence-electron chi connectivity index (χ1n) is 10.00. The molecule has 3 aromatic rings. The maximum Gasteiger partial charge on any atom is 0.292 e. The number of aryl methyl sites for hydroxylation is 3. The van der Waals surface area contributed by atoms with E-state index < -0.39 is 0 Å². The molecule has 0 N–H and O–H groups in total. The zero-order valence-electron chi connectivity index (χ0n) is 17.3. The van der Waals surface area contributed by atoms with Crippen molar-refractivity contribution in [1.29, 1.82) is 0 Å². The molecule has 0 saturated carbocycles. The summed E-state index contributed by atoms with van der Waals surface area (Å²) < 4.78 is 24.0. The van der Waals surface area contributed by atoms with E-state index in [0.717, 1.165) is 0 Å². The van der Waals surface area contributed by atoms with Crippen LogP contribution in [0.4, 0.5) is 4.39 Å². The minimum absolute atomic E-state index is 0.0521. The van der Waals surface area contributed by atoms with Crippen molar-refractivity contribution in [1.82, 2.24) is 25.1 Å². The molecule has 2 amide bonds. The number of carbonyl (C=O) groups is 2. The SMILES string of the molecule is Cc1cc(C(=O)N2CCN(C(=O)CCc3nc(-c4ccc(C)c(F)c4)no3)CC2)on1. The molecule has 10 heteroatoms. The molecule has 0 radical (unpaired) electrons. The van der Waals surface area contributed by atoms with Crippen LogP contribution in [-0.4, -0.2) is 63.1 Å². The van der Waals surface area contributed by atoms with Crippen molar-refractivity contribution in [3.8, 4) is 11.4 Å². The molecule has 0 unspecified atom stereocenters. The summed E-state index contributed by atoms with van der Waals surface area (Å²) in [6.45, 7) is 5.16. The van der Waals surface area contributed by atoms with Crippen LogP contribution in [0, 0.1) is 19.7 Å². The summed E-state index contributed by atoms with van der Waals surface area (Å²) in [5.74, 6) is 0.199. The summed E-state index contributed by atoms with van der Waals surface area (Å²) in [5.41, 5.74) is 1.71. The summed E-state index contributed by atoms with van der Waals surface area (Å²) in [5, 5.41) is 7.60. The highest BCUT2D eigenvalue weighted by atomic mass is 19.1. The normalized spacial score (nSPS) is 14.2. The van der Waals surface area contributed by atoms with Gasteiger partial charge in [-0.2, -0.15) is 4.98 Å². The molecule has 0 spiro atoms. The third-order valence-corrected chi connectivity index (χ3v) is 5.21. The first kappa shape index (κ1) is 20.7. The van der Waals surface area contributed by atoms with Crippen LogP contribution in [0.1, 0.15) is 34.1 Å². The summed E-state index contributed by atoms with van der Waals surface area (Å²) in [6.07, 6.45) is 0.496. The summed E-state index contributed by atoms with van der Waals surface area (Å²) in [7, 11) is 0. The van der Waals surface area contributed by atoms with E-state index >= 15 is 0 Å². The van der Waals surface area contributed by atoms with Crippen LogP contribution >= 0.6 is 0 Å². The van der Waals surface area contributed by atoms with Crippen LogP contribution < -0.4 is 0 Å². The van der Waals surface area contributed by atoms with Gasteiger partial charge < -0.3 is 18.8 Å². The molecular formula is C21H22FN5O4. The van der Waals surface area contributed by atoms with Crippen LogP contribution in [0.3, 0.4) is 0 Å². The fourth-order valence-electron chi connectivity index (χ4n) is 3.36. The monoisotopic (exact) mass is 427 g/mol. The van der Waals surface area contributed by atoms with Crippen LogP contribution in [0.5, 0.6) is 0 Å². The predicted octanol–water partition coefficient (Wildman–Crippen LogP) is 2.40. The van der Waals surface area contributed by atoms with Gasteiger partial charge in [0.05, 0.1) is 5.69 Å². The average Bonchev–Trinajstić information content (AvgIpc) is 3.43. The largest absolute Gasteiger partial charge is 0.351 e. The highest BCUT2D eigenvalue weighted by Gasteiger charge is 2.27. The molecule has 1 fully saturated rings. The molecule has 2 aromatic heterocycles. The van der Waals surface area contributed by atoms with Gasteiger partial charge in [0.25, 0.3) is 5.91 Å². The molecule has 1 aromatic carbocycles. The lowest BCUT2D eigenvalue weighted by Crippen LogP contribution is -2.50. The van der Waals surface area contributed by atoms with Gasteiger partial charge in [-0.05, 0) is 25.5 Å². The van der Waals surface area contributed by atoms with Gasteiger partial charge in [-0.3, -0.25) is 9.59 Å². The predicted molar refractivity (Wildman–Crippen MR) is 106 cm³/mol.